The van der Waals surface area contributed by atoms with E-state index in [1.807, 2.05) is 0 Å². The van der Waals surface area contributed by atoms with Crippen LogP contribution in [0.2, 0.25) is 5.02 Å². The van der Waals surface area contributed by atoms with Gasteiger partial charge < -0.3 is 4.74 Å². The van der Waals surface area contributed by atoms with Crippen LogP contribution in [0.1, 0.15) is 5.56 Å². The molecule has 0 aliphatic heterocycles. The van der Waals surface area contributed by atoms with Crippen LogP contribution in [0, 0.1) is 0 Å². The zero-order chi connectivity index (χ0) is 11.5. The molecule has 0 spiro atoms. The molecule has 0 unspecified atom stereocenters. The van der Waals surface area contributed by atoms with Gasteiger partial charge in [-0.25, -0.2) is 5.14 Å². The summed E-state index contributed by atoms with van der Waals surface area (Å²) in [7, 11) is -2.25. The lowest BCUT2D eigenvalue weighted by molar-refractivity contribution is 0.409. The van der Waals surface area contributed by atoms with Crippen molar-refractivity contribution < 1.29 is 13.2 Å². The summed E-state index contributed by atoms with van der Waals surface area (Å²) in [5, 5.41) is 5.22. The Kier molecular flexibility index (Phi) is 3.92. The predicted molar refractivity (Wildman–Crippen MR) is 58.0 cm³/mol. The molecule has 0 amide bonds. The van der Waals surface area contributed by atoms with Gasteiger partial charge in [0, 0.05) is 17.1 Å². The van der Waals surface area contributed by atoms with Gasteiger partial charge in [-0.2, -0.15) is 13.1 Å². The number of methoxy groups -OCH3 is 1. The molecule has 0 aliphatic rings. The summed E-state index contributed by atoms with van der Waals surface area (Å²) >= 11 is 5.88. The first-order valence-corrected chi connectivity index (χ1v) is 5.95. The summed E-state index contributed by atoms with van der Waals surface area (Å²) in [5.74, 6) is 0.513. The zero-order valence-electron chi connectivity index (χ0n) is 8.03. The average molecular weight is 251 g/mol. The Morgan fingerprint density at radius 3 is 2.73 bits per heavy atom. The van der Waals surface area contributed by atoms with Gasteiger partial charge in [0.15, 0.2) is 0 Å². The third kappa shape index (κ3) is 3.67. The summed E-state index contributed by atoms with van der Waals surface area (Å²) in [4.78, 5) is 0. The van der Waals surface area contributed by atoms with Crippen molar-refractivity contribution in [3.8, 4) is 5.75 Å². The van der Waals surface area contributed by atoms with Gasteiger partial charge in [0.05, 0.1) is 7.11 Å². The van der Waals surface area contributed by atoms with Crippen LogP contribution in [0.4, 0.5) is 0 Å². The lowest BCUT2D eigenvalue weighted by Gasteiger charge is -2.09. The topological polar surface area (TPSA) is 81.4 Å². The summed E-state index contributed by atoms with van der Waals surface area (Å²) in [6.07, 6.45) is 0. The van der Waals surface area contributed by atoms with E-state index in [4.69, 9.17) is 21.5 Å². The summed E-state index contributed by atoms with van der Waals surface area (Å²) in [6, 6.07) is 5.04. The highest BCUT2D eigenvalue weighted by Gasteiger charge is 2.09. The monoisotopic (exact) mass is 250 g/mol. The average Bonchev–Trinajstić information content (AvgIpc) is 2.14. The molecule has 0 aliphatic carbocycles. The first-order valence-electron chi connectivity index (χ1n) is 4.03. The van der Waals surface area contributed by atoms with Crippen LogP contribution in [0.5, 0.6) is 5.75 Å². The Balaban J connectivity index is 2.93. The molecule has 1 aromatic rings. The minimum Gasteiger partial charge on any atom is -0.496 e. The van der Waals surface area contributed by atoms with Gasteiger partial charge in [-0.05, 0) is 12.1 Å². The normalized spacial score (nSPS) is 11.4. The first-order chi connectivity index (χ1) is 6.94. The Labute approximate surface area is 93.4 Å². The Morgan fingerprint density at radius 2 is 2.20 bits per heavy atom. The van der Waals surface area contributed by atoms with Crippen LogP contribution < -0.4 is 14.6 Å². The molecular formula is C8H11ClN2O3S. The van der Waals surface area contributed by atoms with Gasteiger partial charge >= 0.3 is 0 Å². The van der Waals surface area contributed by atoms with Crippen LogP contribution in [0.15, 0.2) is 18.2 Å². The third-order valence-electron chi connectivity index (χ3n) is 1.75. The van der Waals surface area contributed by atoms with Crippen LogP contribution in [-0.4, -0.2) is 15.5 Å². The van der Waals surface area contributed by atoms with Crippen molar-refractivity contribution in [2.24, 2.45) is 5.14 Å². The van der Waals surface area contributed by atoms with Crippen LogP contribution in [-0.2, 0) is 16.8 Å². The van der Waals surface area contributed by atoms with E-state index in [1.54, 1.807) is 18.2 Å². The number of benzene rings is 1. The van der Waals surface area contributed by atoms with E-state index >= 15 is 0 Å². The maximum absolute atomic E-state index is 10.7. The fourth-order valence-electron chi connectivity index (χ4n) is 1.07. The van der Waals surface area contributed by atoms with E-state index in [0.29, 0.717) is 16.3 Å². The SMILES string of the molecule is COc1cccc(Cl)c1CNS(N)(=O)=O. The number of hydrogen-bond donors (Lipinski definition) is 2. The zero-order valence-corrected chi connectivity index (χ0v) is 9.60. The number of nitrogens with one attached hydrogen (secondary N) is 1. The molecular weight excluding hydrogens is 240 g/mol. The summed E-state index contributed by atoms with van der Waals surface area (Å²) in [5.41, 5.74) is 0.552. The highest BCUT2D eigenvalue weighted by molar-refractivity contribution is 7.87. The van der Waals surface area contributed by atoms with Gasteiger partial charge in [-0.1, -0.05) is 17.7 Å². The minimum absolute atomic E-state index is 0.00167. The van der Waals surface area contributed by atoms with Gasteiger partial charge in [-0.3, -0.25) is 0 Å². The van der Waals surface area contributed by atoms with Gasteiger partial charge in [0.1, 0.15) is 5.75 Å². The second kappa shape index (κ2) is 4.80. The van der Waals surface area contributed by atoms with E-state index in [9.17, 15) is 8.42 Å². The van der Waals surface area contributed by atoms with E-state index in [-0.39, 0.29) is 6.54 Å². The van der Waals surface area contributed by atoms with E-state index in [0.717, 1.165) is 0 Å². The number of hydrogen-bond acceptors (Lipinski definition) is 3. The highest BCUT2D eigenvalue weighted by Crippen LogP contribution is 2.25. The molecule has 5 nitrogen and oxygen atoms in total. The standard InChI is InChI=1S/C8H11ClN2O3S/c1-14-8-4-2-3-7(9)6(8)5-11-15(10,12)13/h2-4,11H,5H2,1H3,(H2,10,12,13). The Morgan fingerprint density at radius 1 is 1.53 bits per heavy atom. The number of nitrogens with two attached hydrogens (primary N) is 1. The molecule has 1 aromatic carbocycles. The van der Waals surface area contributed by atoms with Crippen molar-refractivity contribution in [3.05, 3.63) is 28.8 Å². The molecule has 0 fully saturated rings. The molecule has 0 radical (unpaired) electrons. The smallest absolute Gasteiger partial charge is 0.274 e. The lowest BCUT2D eigenvalue weighted by atomic mass is 10.2. The van der Waals surface area contributed by atoms with Gasteiger partial charge in [-0.15, -0.1) is 0 Å². The molecule has 0 bridgehead atoms. The minimum atomic E-state index is -3.73. The first kappa shape index (κ1) is 12.3. The lowest BCUT2D eigenvalue weighted by Crippen LogP contribution is -2.30. The molecule has 0 atom stereocenters. The van der Waals surface area contributed by atoms with Crippen molar-refractivity contribution in [1.82, 2.24) is 4.72 Å². The van der Waals surface area contributed by atoms with Crippen molar-refractivity contribution in [1.29, 1.82) is 0 Å². The second-order valence-electron chi connectivity index (χ2n) is 2.79. The summed E-state index contributed by atoms with van der Waals surface area (Å²) in [6.45, 7) is 0.00167. The van der Waals surface area contributed by atoms with Gasteiger partial charge in [0.25, 0.3) is 10.2 Å². The van der Waals surface area contributed by atoms with Crippen molar-refractivity contribution in [2.45, 2.75) is 6.54 Å². The molecule has 0 saturated carbocycles. The quantitative estimate of drug-likeness (QED) is 0.823. The van der Waals surface area contributed by atoms with Crippen LogP contribution in [0.25, 0.3) is 0 Å². The number of rotatable bonds is 4. The van der Waals surface area contributed by atoms with E-state index < -0.39 is 10.2 Å². The molecule has 84 valence electrons. The molecule has 0 aromatic heterocycles. The molecule has 15 heavy (non-hydrogen) atoms. The van der Waals surface area contributed by atoms with Crippen molar-refractivity contribution in [3.63, 3.8) is 0 Å². The Hall–Kier alpha value is -0.820. The fraction of sp³-hybridized carbons (Fsp3) is 0.250. The van der Waals surface area contributed by atoms with Gasteiger partial charge in [0.2, 0.25) is 0 Å². The highest BCUT2D eigenvalue weighted by atomic mass is 35.5. The molecule has 1 rings (SSSR count). The molecule has 3 N–H and O–H groups in total. The number of halogens is 1. The largest absolute Gasteiger partial charge is 0.496 e. The molecule has 0 saturated heterocycles. The van der Waals surface area contributed by atoms with Crippen molar-refractivity contribution >= 4 is 21.8 Å². The second-order valence-corrected chi connectivity index (χ2v) is 4.57. The third-order valence-corrected chi connectivity index (χ3v) is 2.65. The fourth-order valence-corrected chi connectivity index (χ4v) is 1.65. The van der Waals surface area contributed by atoms with Crippen LogP contribution >= 0.6 is 11.6 Å². The predicted octanol–water partition coefficient (Wildman–Crippen LogP) is 0.642. The molecule has 7 heteroatoms. The Bertz CT molecular complexity index is 447. The maximum atomic E-state index is 10.7. The van der Waals surface area contributed by atoms with Crippen molar-refractivity contribution in [2.75, 3.05) is 7.11 Å². The number of ether oxygens (including phenoxy) is 1. The van der Waals surface area contributed by atoms with Crippen LogP contribution in [0.3, 0.4) is 0 Å². The van der Waals surface area contributed by atoms with E-state index in [1.165, 1.54) is 7.11 Å². The maximum Gasteiger partial charge on any atom is 0.274 e. The molecule has 0 heterocycles. The summed E-state index contributed by atoms with van der Waals surface area (Å²) < 4.78 is 28.6. The van der Waals surface area contributed by atoms with E-state index in [2.05, 4.69) is 4.72 Å².